The highest BCUT2D eigenvalue weighted by Gasteiger charge is 2.23. The standard InChI is InChI=1S/C21H17ClFN3O4/c1-10-19(27)18(20(28)26(2)25-10)17-12(13(22)6-7-14(17)23)5-3-11-4-8-16-15(9-11)24-21(29)30-16/h4,6-9,27H,3,5H2,1-2H3,(H,24,29). The minimum Gasteiger partial charge on any atom is -0.505 e. The molecule has 7 nitrogen and oxygen atoms in total. The number of nitrogens with one attached hydrogen (secondary N) is 1. The molecule has 0 amide bonds. The van der Waals surface area contributed by atoms with Gasteiger partial charge in [-0.05, 0) is 55.2 Å². The van der Waals surface area contributed by atoms with Gasteiger partial charge in [0.05, 0.1) is 11.1 Å². The lowest BCUT2D eigenvalue weighted by molar-refractivity contribution is 0.460. The third-order valence-corrected chi connectivity index (χ3v) is 5.34. The van der Waals surface area contributed by atoms with Crippen molar-refractivity contribution < 1.29 is 13.9 Å². The molecule has 30 heavy (non-hydrogen) atoms. The number of nitrogens with zero attached hydrogens (tertiary/aromatic N) is 2. The lowest BCUT2D eigenvalue weighted by Gasteiger charge is -2.15. The second-order valence-electron chi connectivity index (χ2n) is 6.97. The molecular formula is C21H17ClFN3O4. The predicted molar refractivity (Wildman–Crippen MR) is 111 cm³/mol. The molecule has 0 aliphatic rings. The predicted octanol–water partition coefficient (Wildman–Crippen LogP) is 3.47. The summed E-state index contributed by atoms with van der Waals surface area (Å²) in [5, 5.41) is 14.7. The van der Waals surface area contributed by atoms with E-state index in [2.05, 4.69) is 10.1 Å². The lowest BCUT2D eigenvalue weighted by atomic mass is 9.94. The van der Waals surface area contributed by atoms with Gasteiger partial charge in [-0.2, -0.15) is 5.10 Å². The maximum absolute atomic E-state index is 14.9. The van der Waals surface area contributed by atoms with Gasteiger partial charge in [0.1, 0.15) is 11.5 Å². The number of aryl methyl sites for hydroxylation is 3. The molecule has 2 heterocycles. The third-order valence-electron chi connectivity index (χ3n) is 4.99. The van der Waals surface area contributed by atoms with Crippen molar-refractivity contribution in [3.63, 3.8) is 0 Å². The Morgan fingerprint density at radius 3 is 2.73 bits per heavy atom. The molecule has 0 spiro atoms. The van der Waals surface area contributed by atoms with Crippen molar-refractivity contribution in [3.05, 3.63) is 78.9 Å². The molecular weight excluding hydrogens is 413 g/mol. The monoisotopic (exact) mass is 429 g/mol. The molecule has 9 heteroatoms. The van der Waals surface area contributed by atoms with Crippen LogP contribution in [-0.2, 0) is 19.9 Å². The number of aromatic nitrogens is 3. The number of halogens is 2. The molecule has 2 N–H and O–H groups in total. The average molecular weight is 430 g/mol. The van der Waals surface area contributed by atoms with Crippen molar-refractivity contribution in [1.82, 2.24) is 14.8 Å². The van der Waals surface area contributed by atoms with Crippen LogP contribution in [0.3, 0.4) is 0 Å². The first-order valence-electron chi connectivity index (χ1n) is 9.12. The summed E-state index contributed by atoms with van der Waals surface area (Å²) in [6, 6.07) is 7.81. The second-order valence-corrected chi connectivity index (χ2v) is 7.37. The minimum atomic E-state index is -0.665. The first-order chi connectivity index (χ1) is 14.3. The van der Waals surface area contributed by atoms with Gasteiger partial charge in [-0.1, -0.05) is 17.7 Å². The van der Waals surface area contributed by atoms with E-state index in [1.54, 1.807) is 18.2 Å². The Bertz CT molecular complexity index is 1400. The van der Waals surface area contributed by atoms with Crippen LogP contribution in [0.5, 0.6) is 5.75 Å². The van der Waals surface area contributed by atoms with E-state index in [1.807, 2.05) is 0 Å². The average Bonchev–Trinajstić information content (AvgIpc) is 3.07. The van der Waals surface area contributed by atoms with E-state index in [0.29, 0.717) is 29.5 Å². The summed E-state index contributed by atoms with van der Waals surface area (Å²) in [6.45, 7) is 1.53. The van der Waals surface area contributed by atoms with Crippen LogP contribution in [0.4, 0.5) is 4.39 Å². The highest BCUT2D eigenvalue weighted by molar-refractivity contribution is 6.31. The molecule has 4 rings (SSSR count). The fourth-order valence-electron chi connectivity index (χ4n) is 3.52. The van der Waals surface area contributed by atoms with E-state index in [0.717, 1.165) is 16.3 Å². The first-order valence-corrected chi connectivity index (χ1v) is 9.50. The Morgan fingerprint density at radius 1 is 1.20 bits per heavy atom. The largest absolute Gasteiger partial charge is 0.505 e. The molecule has 0 saturated heterocycles. The summed E-state index contributed by atoms with van der Waals surface area (Å²) in [4.78, 5) is 26.6. The fraction of sp³-hybridized carbons (Fsp3) is 0.190. The van der Waals surface area contributed by atoms with Crippen molar-refractivity contribution in [2.45, 2.75) is 19.8 Å². The summed E-state index contributed by atoms with van der Waals surface area (Å²) >= 11 is 6.36. The molecule has 154 valence electrons. The lowest BCUT2D eigenvalue weighted by Crippen LogP contribution is -2.23. The van der Waals surface area contributed by atoms with Crippen LogP contribution >= 0.6 is 11.6 Å². The summed E-state index contributed by atoms with van der Waals surface area (Å²) in [6.07, 6.45) is 0.744. The van der Waals surface area contributed by atoms with Crippen molar-refractivity contribution in [1.29, 1.82) is 0 Å². The Hall–Kier alpha value is -3.39. The van der Waals surface area contributed by atoms with Crippen molar-refractivity contribution in [2.24, 2.45) is 7.05 Å². The zero-order valence-electron chi connectivity index (χ0n) is 16.1. The Kier molecular flexibility index (Phi) is 4.95. The van der Waals surface area contributed by atoms with Crippen LogP contribution < -0.4 is 11.3 Å². The summed E-state index contributed by atoms with van der Waals surface area (Å²) in [5.74, 6) is -1.59. The van der Waals surface area contributed by atoms with Gasteiger partial charge in [-0.15, -0.1) is 0 Å². The number of hydrogen-bond donors (Lipinski definition) is 2. The van der Waals surface area contributed by atoms with Crippen LogP contribution in [-0.4, -0.2) is 19.9 Å². The Morgan fingerprint density at radius 2 is 1.97 bits per heavy atom. The van der Waals surface area contributed by atoms with Gasteiger partial charge in [0.2, 0.25) is 0 Å². The van der Waals surface area contributed by atoms with Crippen molar-refractivity contribution in [2.75, 3.05) is 0 Å². The van der Waals surface area contributed by atoms with E-state index in [4.69, 9.17) is 16.0 Å². The van der Waals surface area contributed by atoms with Gasteiger partial charge in [-0.3, -0.25) is 9.78 Å². The molecule has 0 fully saturated rings. The van der Waals surface area contributed by atoms with Gasteiger partial charge in [-0.25, -0.2) is 13.9 Å². The van der Waals surface area contributed by atoms with Crippen LogP contribution in [0.15, 0.2) is 44.3 Å². The number of aromatic amines is 1. The molecule has 0 bridgehead atoms. The first kappa shape index (κ1) is 19.9. The van der Waals surface area contributed by atoms with Crippen molar-refractivity contribution in [3.8, 4) is 16.9 Å². The van der Waals surface area contributed by atoms with E-state index in [9.17, 15) is 19.1 Å². The van der Waals surface area contributed by atoms with Gasteiger partial charge < -0.3 is 9.52 Å². The number of fused-ring (bicyclic) bond motifs is 1. The smallest absolute Gasteiger partial charge is 0.417 e. The van der Waals surface area contributed by atoms with E-state index < -0.39 is 17.1 Å². The molecule has 2 aromatic heterocycles. The summed E-state index contributed by atoms with van der Waals surface area (Å²) in [7, 11) is 1.43. The number of oxazole rings is 1. The normalized spacial score (nSPS) is 11.3. The highest BCUT2D eigenvalue weighted by atomic mass is 35.5. The van der Waals surface area contributed by atoms with Crippen LogP contribution in [0, 0.1) is 12.7 Å². The third kappa shape index (κ3) is 3.39. The fourth-order valence-corrected chi connectivity index (χ4v) is 3.77. The van der Waals surface area contributed by atoms with Crippen LogP contribution in [0.25, 0.3) is 22.2 Å². The highest BCUT2D eigenvalue weighted by Crippen LogP contribution is 2.36. The van der Waals surface area contributed by atoms with Crippen molar-refractivity contribution >= 4 is 22.7 Å². The molecule has 0 aliphatic heterocycles. The minimum absolute atomic E-state index is 0.0381. The number of H-pyrrole nitrogens is 1. The van der Waals surface area contributed by atoms with Gasteiger partial charge >= 0.3 is 5.76 Å². The van der Waals surface area contributed by atoms with E-state index in [1.165, 1.54) is 20.0 Å². The Labute approximate surface area is 174 Å². The molecule has 0 radical (unpaired) electrons. The molecule has 4 aromatic rings. The summed E-state index contributed by atoms with van der Waals surface area (Å²) < 4.78 is 20.9. The number of benzene rings is 2. The molecule has 0 saturated carbocycles. The van der Waals surface area contributed by atoms with Gasteiger partial charge in [0.25, 0.3) is 5.56 Å². The van der Waals surface area contributed by atoms with Gasteiger partial charge in [0.15, 0.2) is 11.3 Å². The van der Waals surface area contributed by atoms with Gasteiger partial charge in [0, 0.05) is 17.6 Å². The maximum Gasteiger partial charge on any atom is 0.417 e. The number of aromatic hydroxyl groups is 1. The summed E-state index contributed by atoms with van der Waals surface area (Å²) in [5.41, 5.74) is 1.61. The molecule has 0 atom stereocenters. The quantitative estimate of drug-likeness (QED) is 0.517. The van der Waals surface area contributed by atoms with E-state index >= 15 is 0 Å². The molecule has 0 aliphatic carbocycles. The van der Waals surface area contributed by atoms with E-state index in [-0.39, 0.29) is 27.6 Å². The van der Waals surface area contributed by atoms with Crippen LogP contribution in [0.1, 0.15) is 16.8 Å². The number of hydrogen-bond acceptors (Lipinski definition) is 5. The zero-order chi connectivity index (χ0) is 21.6. The SMILES string of the molecule is Cc1nn(C)c(=O)c(-c2c(F)ccc(Cl)c2CCc2ccc3oc(=O)[nH]c3c2)c1O. The Balaban J connectivity index is 1.80. The zero-order valence-corrected chi connectivity index (χ0v) is 16.9. The molecule has 2 aromatic carbocycles. The molecule has 0 unspecified atom stereocenters. The van der Waals surface area contributed by atoms with Crippen LogP contribution in [0.2, 0.25) is 5.02 Å². The topological polar surface area (TPSA) is 101 Å². The number of rotatable bonds is 4. The maximum atomic E-state index is 14.9. The second kappa shape index (κ2) is 7.46.